The summed E-state index contributed by atoms with van der Waals surface area (Å²) in [4.78, 5) is 18.3. The molecular formula is C10H13N3O2. The monoisotopic (exact) mass is 207 g/mol. The minimum Gasteiger partial charge on any atom is -0.478 e. The molecule has 5 nitrogen and oxygen atoms in total. The lowest BCUT2D eigenvalue weighted by Crippen LogP contribution is -2.03. The highest BCUT2D eigenvalue weighted by Gasteiger charge is 1.94. The number of carboxylic acid groups (broad SMARTS) is 1. The quantitative estimate of drug-likeness (QED) is 0.714. The summed E-state index contributed by atoms with van der Waals surface area (Å²) in [6.07, 6.45) is 6.66. The third kappa shape index (κ3) is 4.21. The van der Waals surface area contributed by atoms with Crippen molar-refractivity contribution in [3.05, 3.63) is 24.0 Å². The van der Waals surface area contributed by atoms with E-state index in [4.69, 9.17) is 5.11 Å². The van der Waals surface area contributed by atoms with Crippen LogP contribution in [0.2, 0.25) is 0 Å². The van der Waals surface area contributed by atoms with Gasteiger partial charge in [0.05, 0.1) is 0 Å². The topological polar surface area (TPSA) is 75.1 Å². The number of anilines is 1. The van der Waals surface area contributed by atoms with Crippen molar-refractivity contribution in [2.45, 2.75) is 13.3 Å². The third-order valence-corrected chi connectivity index (χ3v) is 1.62. The first-order valence-electron chi connectivity index (χ1n) is 4.69. The second-order valence-electron chi connectivity index (χ2n) is 2.94. The molecule has 0 aliphatic rings. The van der Waals surface area contributed by atoms with E-state index in [0.29, 0.717) is 11.5 Å². The van der Waals surface area contributed by atoms with Crippen molar-refractivity contribution in [2.24, 2.45) is 0 Å². The summed E-state index contributed by atoms with van der Waals surface area (Å²) in [6, 6.07) is 0. The fraction of sp³-hybridized carbons (Fsp3) is 0.300. The van der Waals surface area contributed by atoms with Gasteiger partial charge in [0.25, 0.3) is 0 Å². The number of nitrogens with one attached hydrogen (secondary N) is 1. The molecular weight excluding hydrogens is 194 g/mol. The Bertz CT molecular complexity index is 346. The molecule has 0 fully saturated rings. The van der Waals surface area contributed by atoms with Crippen LogP contribution in [0.5, 0.6) is 0 Å². The molecule has 80 valence electrons. The first-order valence-corrected chi connectivity index (χ1v) is 4.69. The molecule has 0 aromatic carbocycles. The number of aromatic nitrogens is 2. The van der Waals surface area contributed by atoms with Crippen molar-refractivity contribution in [3.8, 4) is 0 Å². The molecule has 0 aliphatic carbocycles. The van der Waals surface area contributed by atoms with Crippen LogP contribution in [0.15, 0.2) is 18.5 Å². The van der Waals surface area contributed by atoms with Crippen LogP contribution in [0.1, 0.15) is 18.9 Å². The van der Waals surface area contributed by atoms with Crippen LogP contribution >= 0.6 is 0 Å². The number of aliphatic carboxylic acids is 1. The van der Waals surface area contributed by atoms with E-state index in [2.05, 4.69) is 22.2 Å². The summed E-state index contributed by atoms with van der Waals surface area (Å²) in [5, 5.41) is 11.4. The van der Waals surface area contributed by atoms with E-state index in [0.717, 1.165) is 19.0 Å². The van der Waals surface area contributed by atoms with Crippen LogP contribution in [0.3, 0.4) is 0 Å². The lowest BCUT2D eigenvalue weighted by molar-refractivity contribution is -0.131. The minimum atomic E-state index is -0.983. The number of nitrogens with zero attached hydrogens (tertiary/aromatic N) is 2. The second kappa shape index (κ2) is 5.74. The number of hydrogen-bond donors (Lipinski definition) is 2. The maximum absolute atomic E-state index is 10.2. The molecule has 0 amide bonds. The molecule has 0 saturated carbocycles. The van der Waals surface area contributed by atoms with Gasteiger partial charge in [-0.05, 0) is 12.5 Å². The normalized spacial score (nSPS) is 10.5. The second-order valence-corrected chi connectivity index (χ2v) is 2.94. The molecule has 0 saturated heterocycles. The van der Waals surface area contributed by atoms with Gasteiger partial charge in [-0.25, -0.2) is 14.8 Å². The lowest BCUT2D eigenvalue weighted by atomic mass is 10.3. The third-order valence-electron chi connectivity index (χ3n) is 1.62. The van der Waals surface area contributed by atoms with Crippen molar-refractivity contribution in [1.29, 1.82) is 0 Å². The Kier molecular flexibility index (Phi) is 4.28. The maximum atomic E-state index is 10.2. The van der Waals surface area contributed by atoms with E-state index in [1.165, 1.54) is 6.08 Å². The van der Waals surface area contributed by atoms with Gasteiger partial charge in [-0.1, -0.05) is 6.92 Å². The SMILES string of the molecule is CCCNc1ncc(/C=C/C(=O)O)cn1. The summed E-state index contributed by atoms with van der Waals surface area (Å²) in [5.74, 6) is -0.424. The smallest absolute Gasteiger partial charge is 0.328 e. The van der Waals surface area contributed by atoms with Crippen molar-refractivity contribution in [1.82, 2.24) is 9.97 Å². The van der Waals surface area contributed by atoms with Crippen LogP contribution in [-0.2, 0) is 4.79 Å². The van der Waals surface area contributed by atoms with E-state index >= 15 is 0 Å². The fourth-order valence-corrected chi connectivity index (χ4v) is 0.920. The van der Waals surface area contributed by atoms with Gasteiger partial charge in [-0.15, -0.1) is 0 Å². The van der Waals surface area contributed by atoms with Gasteiger partial charge >= 0.3 is 5.97 Å². The predicted octanol–water partition coefficient (Wildman–Crippen LogP) is 1.40. The van der Waals surface area contributed by atoms with E-state index in [1.54, 1.807) is 12.4 Å². The van der Waals surface area contributed by atoms with Crippen LogP contribution in [0.4, 0.5) is 5.95 Å². The predicted molar refractivity (Wildman–Crippen MR) is 57.5 cm³/mol. The molecule has 0 atom stereocenters. The summed E-state index contributed by atoms with van der Waals surface area (Å²) in [7, 11) is 0. The Morgan fingerprint density at radius 3 is 2.73 bits per heavy atom. The highest BCUT2D eigenvalue weighted by molar-refractivity contribution is 5.85. The zero-order chi connectivity index (χ0) is 11.1. The van der Waals surface area contributed by atoms with Crippen LogP contribution in [0, 0.1) is 0 Å². The molecule has 0 unspecified atom stereocenters. The zero-order valence-corrected chi connectivity index (χ0v) is 8.47. The molecule has 15 heavy (non-hydrogen) atoms. The number of carboxylic acids is 1. The molecule has 2 N–H and O–H groups in total. The van der Waals surface area contributed by atoms with Crippen LogP contribution in [0.25, 0.3) is 6.08 Å². The molecule has 0 aliphatic heterocycles. The summed E-state index contributed by atoms with van der Waals surface area (Å²) < 4.78 is 0. The molecule has 0 bridgehead atoms. The first-order chi connectivity index (χ1) is 7.22. The summed E-state index contributed by atoms with van der Waals surface area (Å²) in [5.41, 5.74) is 0.666. The van der Waals surface area contributed by atoms with Crippen molar-refractivity contribution < 1.29 is 9.90 Å². The number of rotatable bonds is 5. The molecule has 1 aromatic heterocycles. The number of carbonyl (C=O) groups is 1. The van der Waals surface area contributed by atoms with Crippen molar-refractivity contribution in [2.75, 3.05) is 11.9 Å². The van der Waals surface area contributed by atoms with Gasteiger partial charge in [-0.3, -0.25) is 0 Å². The molecule has 1 aromatic rings. The Labute approximate surface area is 87.9 Å². The van der Waals surface area contributed by atoms with E-state index in [1.807, 2.05) is 0 Å². The van der Waals surface area contributed by atoms with E-state index < -0.39 is 5.97 Å². The van der Waals surface area contributed by atoms with Crippen molar-refractivity contribution in [3.63, 3.8) is 0 Å². The Morgan fingerprint density at radius 2 is 2.20 bits per heavy atom. The van der Waals surface area contributed by atoms with Gasteiger partial charge in [0.1, 0.15) is 0 Å². The van der Waals surface area contributed by atoms with Crippen LogP contribution in [-0.4, -0.2) is 27.6 Å². The standard InChI is InChI=1S/C10H13N3O2/c1-2-5-11-10-12-6-8(7-13-10)3-4-9(14)15/h3-4,6-7H,2,5H2,1H3,(H,14,15)(H,11,12,13)/b4-3+. The number of hydrogen-bond acceptors (Lipinski definition) is 4. The molecule has 0 spiro atoms. The van der Waals surface area contributed by atoms with Crippen LogP contribution < -0.4 is 5.32 Å². The van der Waals surface area contributed by atoms with Gasteiger partial charge in [0.2, 0.25) is 5.95 Å². The molecule has 0 radical (unpaired) electrons. The van der Waals surface area contributed by atoms with E-state index in [-0.39, 0.29) is 0 Å². The maximum Gasteiger partial charge on any atom is 0.328 e. The van der Waals surface area contributed by atoms with Gasteiger partial charge in [-0.2, -0.15) is 0 Å². The Balaban J connectivity index is 2.60. The fourth-order valence-electron chi connectivity index (χ4n) is 0.920. The van der Waals surface area contributed by atoms with Gasteiger partial charge in [0.15, 0.2) is 0 Å². The van der Waals surface area contributed by atoms with Gasteiger partial charge < -0.3 is 10.4 Å². The highest BCUT2D eigenvalue weighted by atomic mass is 16.4. The minimum absolute atomic E-state index is 0.560. The summed E-state index contributed by atoms with van der Waals surface area (Å²) >= 11 is 0. The highest BCUT2D eigenvalue weighted by Crippen LogP contribution is 2.02. The molecule has 1 heterocycles. The Morgan fingerprint density at radius 1 is 1.53 bits per heavy atom. The van der Waals surface area contributed by atoms with Gasteiger partial charge in [0, 0.05) is 30.6 Å². The summed E-state index contributed by atoms with van der Waals surface area (Å²) in [6.45, 7) is 2.88. The average Bonchev–Trinajstić information content (AvgIpc) is 2.25. The molecule has 5 heteroatoms. The van der Waals surface area contributed by atoms with Crippen molar-refractivity contribution >= 4 is 18.0 Å². The first kappa shape index (κ1) is 11.2. The molecule has 1 rings (SSSR count). The lowest BCUT2D eigenvalue weighted by Gasteiger charge is -2.01. The zero-order valence-electron chi connectivity index (χ0n) is 8.47. The van der Waals surface area contributed by atoms with E-state index in [9.17, 15) is 4.79 Å². The Hall–Kier alpha value is -1.91. The average molecular weight is 207 g/mol. The largest absolute Gasteiger partial charge is 0.478 e.